The van der Waals surface area contributed by atoms with Crippen LogP contribution in [0.15, 0.2) is 71.5 Å². The maximum Gasteiger partial charge on any atom is 0.251 e. The molecule has 1 heterocycles. The molecular formula is C25H22ClN3O3. The van der Waals surface area contributed by atoms with Crippen LogP contribution in [0.4, 0.5) is 5.69 Å². The molecule has 3 aromatic carbocycles. The fourth-order valence-corrected chi connectivity index (χ4v) is 3.85. The number of anilines is 1. The summed E-state index contributed by atoms with van der Waals surface area (Å²) in [5.41, 5.74) is 2.02. The Morgan fingerprint density at radius 1 is 0.938 bits per heavy atom. The van der Waals surface area contributed by atoms with E-state index in [2.05, 4.69) is 10.6 Å². The van der Waals surface area contributed by atoms with Crippen molar-refractivity contribution >= 4 is 50.9 Å². The molecule has 0 saturated carbocycles. The van der Waals surface area contributed by atoms with Crippen molar-refractivity contribution in [3.05, 3.63) is 87.5 Å². The molecule has 0 saturated heterocycles. The molecule has 2 N–H and O–H groups in total. The predicted molar refractivity (Wildman–Crippen MR) is 128 cm³/mol. The second-order valence-electron chi connectivity index (χ2n) is 7.82. The van der Waals surface area contributed by atoms with E-state index in [0.29, 0.717) is 38.1 Å². The fraction of sp³-hybridized carbons (Fsp3) is 0.160. The van der Waals surface area contributed by atoms with Crippen LogP contribution in [-0.4, -0.2) is 22.4 Å². The van der Waals surface area contributed by atoms with Gasteiger partial charge in [0.2, 0.25) is 5.91 Å². The molecule has 0 aliphatic rings. The summed E-state index contributed by atoms with van der Waals surface area (Å²) in [7, 11) is 0. The number of carbonyl (C=O) groups is 2. The lowest BCUT2D eigenvalue weighted by atomic mass is 10.1. The number of hydrogen-bond donors (Lipinski definition) is 2. The van der Waals surface area contributed by atoms with Crippen molar-refractivity contribution in [3.8, 4) is 0 Å². The zero-order valence-electron chi connectivity index (χ0n) is 17.7. The van der Waals surface area contributed by atoms with Crippen LogP contribution in [-0.2, 0) is 11.3 Å². The molecule has 4 rings (SSSR count). The maximum absolute atomic E-state index is 13.0. The number of aromatic nitrogens is 1. The van der Waals surface area contributed by atoms with Crippen LogP contribution in [0.25, 0.3) is 21.8 Å². The molecule has 2 amide bonds. The second kappa shape index (κ2) is 8.85. The number of amides is 2. The van der Waals surface area contributed by atoms with Gasteiger partial charge in [-0.05, 0) is 56.3 Å². The molecular weight excluding hydrogens is 426 g/mol. The van der Waals surface area contributed by atoms with Crippen LogP contribution in [0.5, 0.6) is 0 Å². The first-order chi connectivity index (χ1) is 15.3. The van der Waals surface area contributed by atoms with Crippen molar-refractivity contribution in [2.45, 2.75) is 26.4 Å². The van der Waals surface area contributed by atoms with Crippen molar-refractivity contribution < 1.29 is 9.59 Å². The Morgan fingerprint density at radius 3 is 2.12 bits per heavy atom. The van der Waals surface area contributed by atoms with Gasteiger partial charge in [0.25, 0.3) is 5.91 Å². The van der Waals surface area contributed by atoms with Crippen molar-refractivity contribution in [1.29, 1.82) is 0 Å². The van der Waals surface area contributed by atoms with Crippen molar-refractivity contribution in [1.82, 2.24) is 9.88 Å². The summed E-state index contributed by atoms with van der Waals surface area (Å²) in [6, 6.07) is 19.1. The Balaban J connectivity index is 1.69. The summed E-state index contributed by atoms with van der Waals surface area (Å²) in [6.45, 7) is 3.71. The normalized spacial score (nSPS) is 11.1. The first kappa shape index (κ1) is 21.6. The van der Waals surface area contributed by atoms with Gasteiger partial charge in [-0.1, -0.05) is 35.9 Å². The zero-order chi connectivity index (χ0) is 22.8. The van der Waals surface area contributed by atoms with E-state index in [1.165, 1.54) is 0 Å². The molecule has 0 radical (unpaired) electrons. The molecule has 32 heavy (non-hydrogen) atoms. The molecule has 0 fully saturated rings. The minimum absolute atomic E-state index is 0.0156. The number of nitrogens with zero attached hydrogens (tertiary/aromatic N) is 1. The Bertz CT molecular complexity index is 1350. The van der Waals surface area contributed by atoms with Gasteiger partial charge in [0.1, 0.15) is 6.54 Å². The molecule has 0 bridgehead atoms. The van der Waals surface area contributed by atoms with Gasteiger partial charge in [-0.15, -0.1) is 0 Å². The summed E-state index contributed by atoms with van der Waals surface area (Å²) < 4.78 is 1.81. The number of halogens is 1. The highest BCUT2D eigenvalue weighted by atomic mass is 35.5. The van der Waals surface area contributed by atoms with Gasteiger partial charge in [0, 0.05) is 22.4 Å². The largest absolute Gasteiger partial charge is 0.350 e. The lowest BCUT2D eigenvalue weighted by Crippen LogP contribution is -2.30. The summed E-state index contributed by atoms with van der Waals surface area (Å²) in [5, 5.41) is 7.04. The Hall–Kier alpha value is -3.64. The average Bonchev–Trinajstić information content (AvgIpc) is 2.77. The Morgan fingerprint density at radius 2 is 1.53 bits per heavy atom. The molecule has 0 aliphatic carbocycles. The standard InChI is InChI=1S/C25H22ClN3O3/c1-15(2)27-25(32)16-11-12-19(26)20(13-16)28-23(30)14-29-21-9-5-3-7-17(21)24(31)18-8-4-6-10-22(18)29/h3-13,15H,14H2,1-2H3,(H,27,32)(H,28,30). The third-order valence-corrected chi connectivity index (χ3v) is 5.43. The summed E-state index contributed by atoms with van der Waals surface area (Å²) in [4.78, 5) is 38.2. The minimum Gasteiger partial charge on any atom is -0.350 e. The number of fused-ring (bicyclic) bond motifs is 2. The smallest absolute Gasteiger partial charge is 0.251 e. The van der Waals surface area contributed by atoms with Crippen LogP contribution < -0.4 is 16.1 Å². The highest BCUT2D eigenvalue weighted by molar-refractivity contribution is 6.33. The first-order valence-corrected chi connectivity index (χ1v) is 10.6. The van der Waals surface area contributed by atoms with Gasteiger partial charge >= 0.3 is 0 Å². The molecule has 7 heteroatoms. The molecule has 6 nitrogen and oxygen atoms in total. The molecule has 0 aliphatic heterocycles. The third kappa shape index (κ3) is 4.22. The fourth-order valence-electron chi connectivity index (χ4n) is 3.69. The van der Waals surface area contributed by atoms with Gasteiger partial charge in [-0.2, -0.15) is 0 Å². The summed E-state index contributed by atoms with van der Waals surface area (Å²) >= 11 is 6.27. The van der Waals surface area contributed by atoms with Crippen LogP contribution in [0.2, 0.25) is 5.02 Å². The lowest BCUT2D eigenvalue weighted by molar-refractivity contribution is -0.116. The third-order valence-electron chi connectivity index (χ3n) is 5.10. The maximum atomic E-state index is 13.0. The molecule has 4 aromatic rings. The monoisotopic (exact) mass is 447 g/mol. The predicted octanol–water partition coefficient (Wildman–Crippen LogP) is 4.59. The van der Waals surface area contributed by atoms with Crippen LogP contribution in [0.1, 0.15) is 24.2 Å². The van der Waals surface area contributed by atoms with E-state index in [0.717, 1.165) is 0 Å². The highest BCUT2D eigenvalue weighted by Crippen LogP contribution is 2.24. The molecule has 0 atom stereocenters. The molecule has 1 aromatic heterocycles. The molecule has 162 valence electrons. The van der Waals surface area contributed by atoms with Crippen LogP contribution >= 0.6 is 11.6 Å². The van der Waals surface area contributed by atoms with Gasteiger partial charge in [-0.25, -0.2) is 0 Å². The van der Waals surface area contributed by atoms with Gasteiger partial charge < -0.3 is 15.2 Å². The van der Waals surface area contributed by atoms with E-state index in [-0.39, 0.29) is 29.8 Å². The van der Waals surface area contributed by atoms with Gasteiger partial charge in [0.05, 0.1) is 21.7 Å². The minimum atomic E-state index is -0.327. The molecule has 0 spiro atoms. The average molecular weight is 448 g/mol. The second-order valence-corrected chi connectivity index (χ2v) is 8.23. The van der Waals surface area contributed by atoms with Crippen molar-refractivity contribution in [3.63, 3.8) is 0 Å². The summed E-state index contributed by atoms with van der Waals surface area (Å²) in [5.74, 6) is -0.572. The summed E-state index contributed by atoms with van der Waals surface area (Å²) in [6.07, 6.45) is 0. The SMILES string of the molecule is CC(C)NC(=O)c1ccc(Cl)c(NC(=O)Cn2c3ccccc3c(=O)c3ccccc32)c1. The van der Waals surface area contributed by atoms with Gasteiger partial charge in [-0.3, -0.25) is 14.4 Å². The number of rotatable bonds is 5. The van der Waals surface area contributed by atoms with Gasteiger partial charge in [0.15, 0.2) is 5.43 Å². The quantitative estimate of drug-likeness (QED) is 0.439. The van der Waals surface area contributed by atoms with E-state index in [1.807, 2.05) is 42.7 Å². The zero-order valence-corrected chi connectivity index (χ0v) is 18.4. The van der Waals surface area contributed by atoms with E-state index in [4.69, 9.17) is 11.6 Å². The van der Waals surface area contributed by atoms with E-state index < -0.39 is 0 Å². The van der Waals surface area contributed by atoms with Crippen LogP contribution in [0, 0.1) is 0 Å². The van der Waals surface area contributed by atoms with Crippen molar-refractivity contribution in [2.75, 3.05) is 5.32 Å². The number of para-hydroxylation sites is 2. The van der Waals surface area contributed by atoms with Crippen molar-refractivity contribution in [2.24, 2.45) is 0 Å². The van der Waals surface area contributed by atoms with Crippen LogP contribution in [0.3, 0.4) is 0 Å². The first-order valence-electron chi connectivity index (χ1n) is 10.3. The number of nitrogens with one attached hydrogen (secondary N) is 2. The lowest BCUT2D eigenvalue weighted by Gasteiger charge is -2.16. The van der Waals surface area contributed by atoms with E-state index >= 15 is 0 Å². The Labute approximate surface area is 189 Å². The number of benzene rings is 3. The number of carbonyl (C=O) groups excluding carboxylic acids is 2. The Kier molecular flexibility index (Phi) is 5.97. The van der Waals surface area contributed by atoms with E-state index in [9.17, 15) is 14.4 Å². The molecule has 0 unspecified atom stereocenters. The topological polar surface area (TPSA) is 80.2 Å². The van der Waals surface area contributed by atoms with E-state index in [1.54, 1.807) is 42.5 Å². The number of hydrogen-bond acceptors (Lipinski definition) is 3. The number of pyridine rings is 1. The highest BCUT2D eigenvalue weighted by Gasteiger charge is 2.15.